The second-order valence-corrected chi connectivity index (χ2v) is 5.84. The van der Waals surface area contributed by atoms with Crippen molar-refractivity contribution in [2.45, 2.75) is 39.5 Å². The second kappa shape index (κ2) is 5.23. The van der Waals surface area contributed by atoms with Crippen LogP contribution >= 0.6 is 11.8 Å². The maximum absolute atomic E-state index is 6.03. The summed E-state index contributed by atoms with van der Waals surface area (Å²) in [6, 6.07) is 6.60. The van der Waals surface area contributed by atoms with Gasteiger partial charge in [0.2, 0.25) is 0 Å². The largest absolute Gasteiger partial charge is 0.327 e. The van der Waals surface area contributed by atoms with Crippen LogP contribution in [-0.4, -0.2) is 11.1 Å². The van der Waals surface area contributed by atoms with Crippen LogP contribution in [0, 0.1) is 0 Å². The molecular formula is C15H21ClN2. The zero-order chi connectivity index (χ0) is 13.3. The minimum atomic E-state index is 0.511. The molecule has 0 amide bonds. The Morgan fingerprint density at radius 1 is 1.00 bits per heavy atom. The highest BCUT2D eigenvalue weighted by atomic mass is 35.5. The number of hydrogen-bond acceptors (Lipinski definition) is 2. The molecule has 0 N–H and O–H groups in total. The maximum Gasteiger partial charge on any atom is 0.110 e. The van der Waals surface area contributed by atoms with E-state index in [1.165, 1.54) is 16.8 Å². The smallest absolute Gasteiger partial charge is 0.110 e. The summed E-state index contributed by atoms with van der Waals surface area (Å²) in [4.78, 5) is 2.23. The zero-order valence-corrected chi connectivity index (χ0v) is 12.3. The van der Waals surface area contributed by atoms with Gasteiger partial charge in [-0.15, -0.1) is 0 Å². The quantitative estimate of drug-likeness (QED) is 0.734. The molecule has 1 aliphatic heterocycles. The van der Waals surface area contributed by atoms with E-state index in [0.717, 1.165) is 0 Å². The SMILES string of the molecule is CC(C)c1cccc(C(C)C)c1N1C=CN(Cl)C1. The zero-order valence-electron chi connectivity index (χ0n) is 11.5. The van der Waals surface area contributed by atoms with Crippen molar-refractivity contribution in [3.63, 3.8) is 0 Å². The first-order valence-electron chi connectivity index (χ1n) is 6.51. The Bertz CT molecular complexity index is 426. The van der Waals surface area contributed by atoms with Gasteiger partial charge in [-0.1, -0.05) is 45.9 Å². The second-order valence-electron chi connectivity index (χ2n) is 5.40. The molecular weight excluding hydrogens is 244 g/mol. The summed E-state index contributed by atoms with van der Waals surface area (Å²) < 4.78 is 1.68. The highest BCUT2D eigenvalue weighted by molar-refractivity contribution is 6.14. The van der Waals surface area contributed by atoms with Crippen LogP contribution in [0.25, 0.3) is 0 Å². The molecule has 0 fully saturated rings. The van der Waals surface area contributed by atoms with E-state index in [9.17, 15) is 0 Å². The Hall–Kier alpha value is -1.15. The van der Waals surface area contributed by atoms with Crippen LogP contribution in [-0.2, 0) is 0 Å². The van der Waals surface area contributed by atoms with Crippen molar-refractivity contribution in [3.05, 3.63) is 41.7 Å². The summed E-state index contributed by atoms with van der Waals surface area (Å²) in [7, 11) is 0. The predicted molar refractivity (Wildman–Crippen MR) is 78.8 cm³/mol. The normalized spacial score (nSPS) is 15.3. The first-order valence-corrected chi connectivity index (χ1v) is 6.84. The molecule has 0 atom stereocenters. The van der Waals surface area contributed by atoms with Crippen LogP contribution in [0.15, 0.2) is 30.6 Å². The number of rotatable bonds is 3. The summed E-state index contributed by atoms with van der Waals surface area (Å²) in [5, 5.41) is 0. The number of nitrogens with zero attached hydrogens (tertiary/aromatic N) is 2. The molecule has 0 saturated heterocycles. The lowest BCUT2D eigenvalue weighted by Crippen LogP contribution is -2.22. The summed E-state index contributed by atoms with van der Waals surface area (Å²) in [6.45, 7) is 9.66. The predicted octanol–water partition coefficient (Wildman–Crippen LogP) is 4.64. The minimum Gasteiger partial charge on any atom is -0.327 e. The van der Waals surface area contributed by atoms with Gasteiger partial charge in [0.05, 0.1) is 0 Å². The molecule has 1 aromatic carbocycles. The van der Waals surface area contributed by atoms with Crippen molar-refractivity contribution < 1.29 is 0 Å². The fourth-order valence-corrected chi connectivity index (χ4v) is 2.55. The van der Waals surface area contributed by atoms with Crippen molar-refractivity contribution >= 4 is 17.5 Å². The van der Waals surface area contributed by atoms with Gasteiger partial charge in [-0.25, -0.2) is 0 Å². The standard InChI is InChI=1S/C15H21ClN2/c1-11(2)13-6-5-7-14(12(3)4)15(13)17-8-9-18(16)10-17/h5-9,11-12H,10H2,1-4H3. The molecule has 0 bridgehead atoms. The molecule has 0 aliphatic carbocycles. The maximum atomic E-state index is 6.03. The molecule has 0 radical (unpaired) electrons. The van der Waals surface area contributed by atoms with Crippen molar-refractivity contribution in [2.24, 2.45) is 0 Å². The topological polar surface area (TPSA) is 6.48 Å². The van der Waals surface area contributed by atoms with Crippen LogP contribution in [0.5, 0.6) is 0 Å². The van der Waals surface area contributed by atoms with Crippen molar-refractivity contribution in [1.29, 1.82) is 0 Å². The van der Waals surface area contributed by atoms with E-state index in [4.69, 9.17) is 11.8 Å². The molecule has 0 saturated carbocycles. The molecule has 2 rings (SSSR count). The average Bonchev–Trinajstić information content (AvgIpc) is 2.74. The van der Waals surface area contributed by atoms with Gasteiger partial charge in [-0.2, -0.15) is 0 Å². The number of benzene rings is 1. The molecule has 0 spiro atoms. The third-order valence-electron chi connectivity index (χ3n) is 3.33. The summed E-state index contributed by atoms with van der Waals surface area (Å²) >= 11 is 6.03. The Morgan fingerprint density at radius 2 is 1.56 bits per heavy atom. The van der Waals surface area contributed by atoms with Gasteiger partial charge in [0.15, 0.2) is 0 Å². The molecule has 98 valence electrons. The molecule has 2 nitrogen and oxygen atoms in total. The van der Waals surface area contributed by atoms with Crippen LogP contribution in [0.4, 0.5) is 5.69 Å². The fraction of sp³-hybridized carbons (Fsp3) is 0.467. The highest BCUT2D eigenvalue weighted by Crippen LogP contribution is 2.36. The van der Waals surface area contributed by atoms with Gasteiger partial charge in [-0.05, 0) is 23.0 Å². The molecule has 18 heavy (non-hydrogen) atoms. The van der Waals surface area contributed by atoms with E-state index >= 15 is 0 Å². The Morgan fingerprint density at radius 3 is 1.94 bits per heavy atom. The van der Waals surface area contributed by atoms with E-state index in [0.29, 0.717) is 18.5 Å². The van der Waals surface area contributed by atoms with Gasteiger partial charge in [0, 0.05) is 29.9 Å². The first-order chi connectivity index (χ1) is 8.50. The van der Waals surface area contributed by atoms with Crippen LogP contribution in [0.2, 0.25) is 0 Å². The van der Waals surface area contributed by atoms with Gasteiger partial charge in [0.1, 0.15) is 6.67 Å². The molecule has 0 unspecified atom stereocenters. The monoisotopic (exact) mass is 264 g/mol. The third kappa shape index (κ3) is 2.49. The van der Waals surface area contributed by atoms with Crippen LogP contribution in [0.3, 0.4) is 0 Å². The fourth-order valence-electron chi connectivity index (χ4n) is 2.38. The van der Waals surface area contributed by atoms with Crippen LogP contribution < -0.4 is 4.90 Å². The van der Waals surface area contributed by atoms with Crippen molar-refractivity contribution in [3.8, 4) is 0 Å². The molecule has 3 heteroatoms. The van der Waals surface area contributed by atoms with E-state index < -0.39 is 0 Å². The van der Waals surface area contributed by atoms with E-state index in [1.807, 2.05) is 6.20 Å². The van der Waals surface area contributed by atoms with Gasteiger partial charge < -0.3 is 4.90 Å². The van der Waals surface area contributed by atoms with Crippen molar-refractivity contribution in [2.75, 3.05) is 11.6 Å². The number of para-hydroxylation sites is 1. The minimum absolute atomic E-state index is 0.511. The summed E-state index contributed by atoms with van der Waals surface area (Å²) in [5.74, 6) is 1.02. The number of hydrogen-bond donors (Lipinski definition) is 0. The summed E-state index contributed by atoms with van der Waals surface area (Å²) in [5.41, 5.74) is 4.09. The van der Waals surface area contributed by atoms with E-state index in [2.05, 4.69) is 57.0 Å². The average molecular weight is 265 g/mol. The lowest BCUT2D eigenvalue weighted by atomic mass is 9.92. The molecule has 0 aromatic heterocycles. The summed E-state index contributed by atoms with van der Waals surface area (Å²) in [6.07, 6.45) is 3.96. The van der Waals surface area contributed by atoms with E-state index in [-0.39, 0.29) is 0 Å². The third-order valence-corrected chi connectivity index (χ3v) is 3.55. The Kier molecular flexibility index (Phi) is 3.86. The molecule has 1 heterocycles. The van der Waals surface area contributed by atoms with Gasteiger partial charge in [0.25, 0.3) is 0 Å². The van der Waals surface area contributed by atoms with E-state index in [1.54, 1.807) is 4.42 Å². The first kappa shape index (κ1) is 13.3. The molecule has 1 aliphatic rings. The van der Waals surface area contributed by atoms with Gasteiger partial charge >= 0.3 is 0 Å². The highest BCUT2D eigenvalue weighted by Gasteiger charge is 2.21. The molecule has 1 aromatic rings. The van der Waals surface area contributed by atoms with Crippen molar-refractivity contribution in [1.82, 2.24) is 4.42 Å². The Labute approximate surface area is 115 Å². The lowest BCUT2D eigenvalue weighted by molar-refractivity contribution is 0.645. The number of anilines is 1. The van der Waals surface area contributed by atoms with Crippen LogP contribution in [0.1, 0.15) is 50.7 Å². The lowest BCUT2D eigenvalue weighted by Gasteiger charge is -2.26. The number of halogens is 1. The van der Waals surface area contributed by atoms with Gasteiger partial charge in [-0.3, -0.25) is 4.42 Å². The Balaban J connectivity index is 2.50.